The Labute approximate surface area is 393 Å². The zero-order valence-electron chi connectivity index (χ0n) is 39.3. The fourth-order valence-corrected chi connectivity index (χ4v) is 7.63. The number of nitrogens with zero attached hydrogens (tertiary/aromatic N) is 6. The number of aromatic nitrogens is 4. The Bertz CT molecular complexity index is 2330. The first kappa shape index (κ1) is 50.3. The van der Waals surface area contributed by atoms with Gasteiger partial charge in [0.05, 0.1) is 65.6 Å². The highest BCUT2D eigenvalue weighted by molar-refractivity contribution is 5.83. The van der Waals surface area contributed by atoms with Gasteiger partial charge >= 0.3 is 0 Å². The predicted molar refractivity (Wildman–Crippen MR) is 256 cm³/mol. The van der Waals surface area contributed by atoms with Crippen molar-refractivity contribution in [1.29, 1.82) is 0 Å². The van der Waals surface area contributed by atoms with Crippen molar-refractivity contribution in [3.8, 4) is 34.6 Å². The molecule has 4 heterocycles. The van der Waals surface area contributed by atoms with Crippen LogP contribution in [0.3, 0.4) is 0 Å². The summed E-state index contributed by atoms with van der Waals surface area (Å²) < 4.78 is 61.3. The Morgan fingerprint density at radius 3 is 2.16 bits per heavy atom. The number of fused-ring (bicyclic) bond motifs is 1. The number of hydrogen-bond acceptors (Lipinski definition) is 15. The highest BCUT2D eigenvalue weighted by Crippen LogP contribution is 2.40. The zero-order chi connectivity index (χ0) is 47.2. The van der Waals surface area contributed by atoms with Gasteiger partial charge < -0.3 is 48.5 Å². The molecule has 358 valence electrons. The standard InChI is InChI=1S/C51H64FN7O8/c1-6-12-39-13-14-47(53)56-34-40(39)30-38-31-45(60-4)49(46(32-38)61-5)67-28-27-65-26-25-64-21-11-20-63-24-23-62-19-8-7-9-22-66-44-33-41(29-36(2)48(44)52)59-18-15-43-42(37(59)3)35-57-51(58-43)50-54-16-10-17-55-50/h6,10,13,16-17,29,31-35,37H,1,7-9,11-12,15,18-28,30,53H2,2-5H3/t37-/m1/s1. The second-order valence-corrected chi connectivity index (χ2v) is 15.9. The van der Waals surface area contributed by atoms with E-state index in [0.717, 1.165) is 72.3 Å². The van der Waals surface area contributed by atoms with Crippen molar-refractivity contribution in [2.24, 2.45) is 10.7 Å². The van der Waals surface area contributed by atoms with Crippen molar-refractivity contribution in [2.45, 2.75) is 64.8 Å². The van der Waals surface area contributed by atoms with Gasteiger partial charge in [-0.3, -0.25) is 0 Å². The molecular formula is C51H64FN7O8. The number of rotatable bonds is 29. The highest BCUT2D eigenvalue weighted by Gasteiger charge is 2.28. The number of nitrogens with two attached hydrogens (primary N) is 1. The first-order valence-electron chi connectivity index (χ1n) is 22.9. The van der Waals surface area contributed by atoms with Gasteiger partial charge in [-0.1, -0.05) is 11.8 Å². The molecule has 0 radical (unpaired) electrons. The first-order valence-corrected chi connectivity index (χ1v) is 22.9. The lowest BCUT2D eigenvalue weighted by Gasteiger charge is -2.36. The summed E-state index contributed by atoms with van der Waals surface area (Å²) in [6.45, 7) is 13.3. The number of benzene rings is 2. The first-order chi connectivity index (χ1) is 32.8. The number of methoxy groups -OCH3 is 2. The molecule has 4 aromatic rings. The minimum absolute atomic E-state index is 0.00301. The molecule has 2 aliphatic heterocycles. The van der Waals surface area contributed by atoms with Gasteiger partial charge in [0, 0.05) is 74.9 Å². The maximum absolute atomic E-state index is 15.2. The largest absolute Gasteiger partial charge is 0.493 e. The summed E-state index contributed by atoms with van der Waals surface area (Å²) in [6.07, 6.45) is 16.0. The Kier molecular flexibility index (Phi) is 20.1. The monoisotopic (exact) mass is 921 g/mol. The third-order valence-corrected chi connectivity index (χ3v) is 11.1. The molecule has 0 aliphatic carbocycles. The minimum atomic E-state index is -0.327. The van der Waals surface area contributed by atoms with Gasteiger partial charge in [0.15, 0.2) is 40.5 Å². The van der Waals surface area contributed by atoms with Crippen molar-refractivity contribution in [2.75, 3.05) is 91.7 Å². The number of ether oxygens (including phenoxy) is 8. The van der Waals surface area contributed by atoms with Gasteiger partial charge in [0.1, 0.15) is 6.61 Å². The van der Waals surface area contributed by atoms with E-state index in [9.17, 15) is 0 Å². The van der Waals surface area contributed by atoms with E-state index in [1.165, 1.54) is 0 Å². The lowest BCUT2D eigenvalue weighted by Crippen LogP contribution is -2.35. The van der Waals surface area contributed by atoms with Crippen LogP contribution in [0.15, 0.2) is 95.3 Å². The molecule has 0 saturated heterocycles. The van der Waals surface area contributed by atoms with Crippen LogP contribution in [0.5, 0.6) is 23.0 Å². The maximum Gasteiger partial charge on any atom is 0.203 e. The second-order valence-electron chi connectivity index (χ2n) is 15.9. The molecule has 0 spiro atoms. The molecule has 0 saturated carbocycles. The summed E-state index contributed by atoms with van der Waals surface area (Å²) in [7, 11) is 3.20. The summed E-state index contributed by atoms with van der Waals surface area (Å²) >= 11 is 0. The fraction of sp³-hybridized carbons (Fsp3) is 0.451. The Morgan fingerprint density at radius 2 is 1.46 bits per heavy atom. The van der Waals surface area contributed by atoms with Crippen LogP contribution in [0, 0.1) is 12.7 Å². The van der Waals surface area contributed by atoms with Crippen molar-refractivity contribution in [3.63, 3.8) is 0 Å². The number of aliphatic imine (C=N–C) groups is 1. The SMILES string of the molecule is C=CCC1=C(Cc2cc(OC)c(OCCOCCOCCCOCCOCCCCCOc3cc(N4CCc5nc(-c6ncccn6)ncc5[C@H]4C)cc(C)c3F)c(OC)c2)C=NC(N)=C=C1. The summed E-state index contributed by atoms with van der Waals surface area (Å²) in [4.78, 5) is 24.4. The Balaban J connectivity index is 0.767. The lowest BCUT2D eigenvalue weighted by molar-refractivity contribution is 0.0169. The van der Waals surface area contributed by atoms with E-state index in [0.29, 0.717) is 119 Å². The fourth-order valence-electron chi connectivity index (χ4n) is 7.63. The number of aryl methyl sites for hydroxylation is 1. The quantitative estimate of drug-likeness (QED) is 0.0316. The van der Waals surface area contributed by atoms with Gasteiger partial charge in [0.2, 0.25) is 5.75 Å². The number of unbranched alkanes of at least 4 members (excludes halogenated alkanes) is 2. The van der Waals surface area contributed by atoms with Crippen molar-refractivity contribution in [3.05, 3.63) is 119 Å². The van der Waals surface area contributed by atoms with E-state index in [-0.39, 0.29) is 17.6 Å². The molecule has 0 bridgehead atoms. The summed E-state index contributed by atoms with van der Waals surface area (Å²) in [5, 5.41) is 0. The third-order valence-electron chi connectivity index (χ3n) is 11.1. The molecule has 2 aromatic carbocycles. The van der Waals surface area contributed by atoms with E-state index >= 15 is 4.39 Å². The van der Waals surface area contributed by atoms with Crippen LogP contribution in [0.2, 0.25) is 0 Å². The number of halogens is 1. The van der Waals surface area contributed by atoms with Crippen molar-refractivity contribution < 1.29 is 42.3 Å². The van der Waals surface area contributed by atoms with E-state index < -0.39 is 0 Å². The molecule has 2 aromatic heterocycles. The topological polar surface area (TPSA) is 167 Å². The van der Waals surface area contributed by atoms with Crippen LogP contribution in [0.25, 0.3) is 11.6 Å². The van der Waals surface area contributed by atoms with Crippen molar-refractivity contribution >= 4 is 11.9 Å². The number of hydrogen-bond donors (Lipinski definition) is 1. The molecular weight excluding hydrogens is 858 g/mol. The van der Waals surface area contributed by atoms with E-state index in [4.69, 9.17) is 48.6 Å². The molecule has 0 fully saturated rings. The Morgan fingerprint density at radius 1 is 0.791 bits per heavy atom. The van der Waals surface area contributed by atoms with Crippen LogP contribution >= 0.6 is 0 Å². The molecule has 67 heavy (non-hydrogen) atoms. The van der Waals surface area contributed by atoms with Crippen LogP contribution in [-0.2, 0) is 31.8 Å². The van der Waals surface area contributed by atoms with Crippen LogP contribution in [-0.4, -0.2) is 113 Å². The molecule has 0 amide bonds. The van der Waals surface area contributed by atoms with Gasteiger partial charge in [-0.25, -0.2) is 29.3 Å². The number of allylic oxidation sites excluding steroid dienone is 4. The maximum atomic E-state index is 15.2. The van der Waals surface area contributed by atoms with Crippen LogP contribution in [0.1, 0.15) is 67.5 Å². The lowest BCUT2D eigenvalue weighted by atomic mass is 9.98. The van der Waals surface area contributed by atoms with Gasteiger partial charge in [0.25, 0.3) is 0 Å². The Hall–Kier alpha value is -6.16. The van der Waals surface area contributed by atoms with Crippen LogP contribution < -0.4 is 29.6 Å². The van der Waals surface area contributed by atoms with Gasteiger partial charge in [-0.2, -0.15) is 0 Å². The normalized spacial score (nSPS) is 14.4. The highest BCUT2D eigenvalue weighted by atomic mass is 19.1. The molecule has 15 nitrogen and oxygen atoms in total. The summed E-state index contributed by atoms with van der Waals surface area (Å²) in [5.74, 6) is 2.93. The zero-order valence-corrected chi connectivity index (χ0v) is 39.3. The molecule has 1 atom stereocenters. The molecule has 2 aliphatic rings. The molecule has 6 rings (SSSR count). The molecule has 2 N–H and O–H groups in total. The smallest absolute Gasteiger partial charge is 0.203 e. The van der Waals surface area contributed by atoms with E-state index in [2.05, 4.69) is 44.1 Å². The van der Waals surface area contributed by atoms with Crippen molar-refractivity contribution in [1.82, 2.24) is 19.9 Å². The third kappa shape index (κ3) is 14.9. The predicted octanol–water partition coefficient (Wildman–Crippen LogP) is 8.06. The van der Waals surface area contributed by atoms with Gasteiger partial charge in [-0.15, -0.1) is 6.58 Å². The minimum Gasteiger partial charge on any atom is -0.493 e. The van der Waals surface area contributed by atoms with E-state index in [1.807, 2.05) is 36.5 Å². The summed E-state index contributed by atoms with van der Waals surface area (Å²) in [6, 6.07) is 9.31. The second kappa shape index (κ2) is 26.9. The van der Waals surface area contributed by atoms with Gasteiger partial charge in [-0.05, 0) is 105 Å². The van der Waals surface area contributed by atoms with Crippen LogP contribution in [0.4, 0.5) is 10.1 Å². The molecule has 0 unspecified atom stereocenters. The number of anilines is 1. The average Bonchev–Trinajstić information content (AvgIpc) is 3.52. The summed E-state index contributed by atoms with van der Waals surface area (Å²) in [5.41, 5.74) is 15.3. The average molecular weight is 922 g/mol. The van der Waals surface area contributed by atoms with E-state index in [1.54, 1.807) is 51.9 Å². The molecule has 16 heteroatoms.